The van der Waals surface area contributed by atoms with Gasteiger partial charge in [-0.1, -0.05) is 102 Å². The van der Waals surface area contributed by atoms with Gasteiger partial charge < -0.3 is 18.9 Å². The highest BCUT2D eigenvalue weighted by Crippen LogP contribution is 2.42. The van der Waals surface area contributed by atoms with Crippen LogP contribution in [0.1, 0.15) is 212 Å². The molecule has 4 nitrogen and oxygen atoms in total. The largest absolute Gasteiger partial charge is 0.381 e. The molecule has 0 saturated heterocycles. The van der Waals surface area contributed by atoms with Crippen molar-refractivity contribution in [3.8, 4) is 0 Å². The highest BCUT2D eigenvalue weighted by atomic mass is 32.2. The number of ether oxygens (including phenoxy) is 4. The molecule has 1 aromatic rings. The number of allylic oxidation sites excluding steroid dienone is 2. The van der Waals surface area contributed by atoms with Gasteiger partial charge in [0.15, 0.2) is 0 Å². The van der Waals surface area contributed by atoms with Crippen molar-refractivity contribution >= 4 is 30.5 Å². The lowest BCUT2D eigenvalue weighted by Crippen LogP contribution is -2.29. The van der Waals surface area contributed by atoms with Crippen LogP contribution in [0, 0.1) is 30.0 Å². The zero-order valence-corrected chi connectivity index (χ0v) is 43.9. The maximum atomic E-state index is 14.4. The monoisotopic (exact) mass is 931 g/mol. The fourth-order valence-corrected chi connectivity index (χ4v) is 10.2. The van der Waals surface area contributed by atoms with Gasteiger partial charge >= 0.3 is 0 Å². The molecule has 0 spiro atoms. The van der Waals surface area contributed by atoms with E-state index in [1.165, 1.54) is 121 Å². The Balaban J connectivity index is 1.27. The van der Waals surface area contributed by atoms with E-state index in [2.05, 4.69) is 53.0 Å². The van der Waals surface area contributed by atoms with Crippen LogP contribution in [0.4, 0.5) is 4.39 Å². The Morgan fingerprint density at radius 3 is 1.78 bits per heavy atom. The number of thiol groups is 1. The summed E-state index contributed by atoms with van der Waals surface area (Å²) in [4.78, 5) is 0.738. The molecule has 0 heterocycles. The second-order valence-corrected chi connectivity index (χ2v) is 21.5. The van der Waals surface area contributed by atoms with Gasteiger partial charge in [-0.05, 0) is 182 Å². The van der Waals surface area contributed by atoms with Crippen molar-refractivity contribution in [1.29, 1.82) is 0 Å². The highest BCUT2D eigenvalue weighted by Gasteiger charge is 2.31. The average molecular weight is 932 g/mol. The molecule has 0 aliphatic heterocycles. The van der Waals surface area contributed by atoms with E-state index in [0.29, 0.717) is 28.3 Å². The van der Waals surface area contributed by atoms with Gasteiger partial charge in [0.2, 0.25) is 0 Å². The van der Waals surface area contributed by atoms with Crippen LogP contribution in [0.2, 0.25) is 0 Å². The van der Waals surface area contributed by atoms with E-state index in [4.69, 9.17) is 31.6 Å². The van der Waals surface area contributed by atoms with Crippen molar-refractivity contribution in [2.45, 2.75) is 224 Å². The Hall–Kier alpha value is -1.09. The summed E-state index contributed by atoms with van der Waals surface area (Å²) >= 11 is 6.33. The lowest BCUT2D eigenvalue weighted by atomic mass is 9.70. The predicted octanol–water partition coefficient (Wildman–Crippen LogP) is 17.6. The topological polar surface area (TPSA) is 36.9 Å². The lowest BCUT2D eigenvalue weighted by molar-refractivity contribution is -0.00481. The third-order valence-electron chi connectivity index (χ3n) is 13.8. The molecule has 1 aliphatic rings. The van der Waals surface area contributed by atoms with Crippen LogP contribution in [-0.2, 0) is 18.9 Å². The van der Waals surface area contributed by atoms with Crippen molar-refractivity contribution in [2.75, 3.05) is 52.0 Å². The normalized spacial score (nSPS) is 18.3. The van der Waals surface area contributed by atoms with E-state index < -0.39 is 0 Å². The Bertz CT molecular complexity index is 1330. The second kappa shape index (κ2) is 38.8. The second-order valence-electron chi connectivity index (χ2n) is 19.7. The number of thioether (sulfide) groups is 1. The van der Waals surface area contributed by atoms with Gasteiger partial charge in [0.05, 0.1) is 6.10 Å². The molecule has 7 heteroatoms. The van der Waals surface area contributed by atoms with Crippen LogP contribution in [0.15, 0.2) is 47.9 Å². The zero-order chi connectivity index (χ0) is 46.5. The number of halogens is 1. The first-order chi connectivity index (χ1) is 31.1. The molecule has 0 bridgehead atoms. The number of hydrogen-bond acceptors (Lipinski definition) is 6. The van der Waals surface area contributed by atoms with E-state index in [1.807, 2.05) is 19.1 Å². The maximum Gasteiger partial charge on any atom is 0.140 e. The van der Waals surface area contributed by atoms with E-state index in [0.717, 1.165) is 126 Å². The SMILES string of the molecule is C=CCC(CCC(C)/C=C(\C)C(S)CC)CCC1(C)CCC(OCCCCCOCCCCCOCCCCCCCCCCCOCCCCSc2ccc(C=C)c(C)c2F)CC1. The third-order valence-corrected chi connectivity index (χ3v) is 15.7. The van der Waals surface area contributed by atoms with Gasteiger partial charge in [-0.15, -0.1) is 18.3 Å². The van der Waals surface area contributed by atoms with Crippen LogP contribution in [0.5, 0.6) is 0 Å². The molecule has 370 valence electrons. The molecular formula is C57H99FO4S2. The number of benzene rings is 1. The first-order valence-corrected chi connectivity index (χ1v) is 28.0. The highest BCUT2D eigenvalue weighted by molar-refractivity contribution is 7.99. The molecule has 1 saturated carbocycles. The minimum atomic E-state index is -0.103. The van der Waals surface area contributed by atoms with Crippen LogP contribution in [0.3, 0.4) is 0 Å². The first kappa shape index (κ1) is 59.0. The molecule has 0 aromatic heterocycles. The molecule has 1 aromatic carbocycles. The molecule has 3 atom stereocenters. The number of rotatable bonds is 43. The number of hydrogen-bond donors (Lipinski definition) is 1. The van der Waals surface area contributed by atoms with Crippen LogP contribution in [-0.4, -0.2) is 63.4 Å². The van der Waals surface area contributed by atoms with Gasteiger partial charge in [-0.3, -0.25) is 0 Å². The molecule has 1 fully saturated rings. The Kier molecular flexibility index (Phi) is 35.8. The molecule has 0 radical (unpaired) electrons. The summed E-state index contributed by atoms with van der Waals surface area (Å²) in [5.74, 6) is 2.20. The van der Waals surface area contributed by atoms with Gasteiger partial charge in [0.1, 0.15) is 5.82 Å². The van der Waals surface area contributed by atoms with E-state index in [1.54, 1.807) is 17.8 Å². The van der Waals surface area contributed by atoms with Gasteiger partial charge in [0.25, 0.3) is 0 Å². The summed E-state index contributed by atoms with van der Waals surface area (Å²) < 4.78 is 38.4. The predicted molar refractivity (Wildman–Crippen MR) is 282 cm³/mol. The molecular weight excluding hydrogens is 832 g/mol. The lowest BCUT2D eigenvalue weighted by Gasteiger charge is -2.38. The Morgan fingerprint density at radius 2 is 1.27 bits per heavy atom. The summed E-state index contributed by atoms with van der Waals surface area (Å²) in [5.41, 5.74) is 3.46. The van der Waals surface area contributed by atoms with Crippen molar-refractivity contribution in [2.24, 2.45) is 17.3 Å². The zero-order valence-electron chi connectivity index (χ0n) is 42.2. The molecule has 0 amide bonds. The Morgan fingerprint density at radius 1 is 0.766 bits per heavy atom. The molecule has 0 N–H and O–H groups in total. The molecule has 64 heavy (non-hydrogen) atoms. The van der Waals surface area contributed by atoms with E-state index in [-0.39, 0.29) is 5.82 Å². The van der Waals surface area contributed by atoms with Crippen molar-refractivity contribution in [1.82, 2.24) is 0 Å². The first-order valence-electron chi connectivity index (χ1n) is 26.5. The van der Waals surface area contributed by atoms with E-state index in [9.17, 15) is 4.39 Å². The van der Waals surface area contributed by atoms with Crippen LogP contribution < -0.4 is 0 Å². The number of unbranched alkanes of at least 4 members (excludes halogenated alkanes) is 13. The van der Waals surface area contributed by atoms with Gasteiger partial charge in [-0.25, -0.2) is 4.39 Å². The van der Waals surface area contributed by atoms with Gasteiger partial charge in [-0.2, -0.15) is 12.6 Å². The molecule has 3 unspecified atom stereocenters. The Labute approximate surface area is 405 Å². The third kappa shape index (κ3) is 28.9. The fraction of sp³-hybridized carbons (Fsp3) is 0.789. The van der Waals surface area contributed by atoms with Crippen molar-refractivity contribution < 1.29 is 23.3 Å². The summed E-state index contributed by atoms with van der Waals surface area (Å²) in [6, 6.07) is 3.82. The smallest absolute Gasteiger partial charge is 0.140 e. The summed E-state index contributed by atoms with van der Waals surface area (Å²) in [5, 5.41) is 0.400. The average Bonchev–Trinajstić information content (AvgIpc) is 3.29. The molecule has 2 rings (SSSR count). The summed E-state index contributed by atoms with van der Waals surface area (Å²) in [6.45, 7) is 25.2. The minimum Gasteiger partial charge on any atom is -0.381 e. The quantitative estimate of drug-likeness (QED) is 0.0306. The maximum absolute atomic E-state index is 14.4. The van der Waals surface area contributed by atoms with Crippen LogP contribution >= 0.6 is 24.4 Å². The fourth-order valence-electron chi connectivity index (χ4n) is 9.10. The summed E-state index contributed by atoms with van der Waals surface area (Å²) in [6.07, 6.45) is 39.9. The molecule has 1 aliphatic carbocycles. The van der Waals surface area contributed by atoms with Crippen molar-refractivity contribution in [3.05, 3.63) is 60.0 Å². The van der Waals surface area contributed by atoms with Gasteiger partial charge in [0, 0.05) is 56.4 Å². The van der Waals surface area contributed by atoms with E-state index >= 15 is 0 Å². The summed E-state index contributed by atoms with van der Waals surface area (Å²) in [7, 11) is 0. The van der Waals surface area contributed by atoms with Crippen LogP contribution in [0.25, 0.3) is 6.08 Å². The standard InChI is InChI=1S/C57H99FO4S2/c1-8-28-51(30-29-48(4)47-49(5)54(63)10-3)33-36-57(7)37-34-53(35-38-57)62-45-25-19-24-43-60-42-23-18-22-41-59-39-20-16-14-12-11-13-15-17-21-40-61-44-26-27-46-64-55-32-31-52(9-2)50(6)56(55)58/h8-9,31-32,47-48,51,53-54,63H,1-2,10-30,33-46H2,3-7H3/b49-47+. The minimum absolute atomic E-state index is 0.103. The van der Waals surface area contributed by atoms with Crippen molar-refractivity contribution in [3.63, 3.8) is 0 Å².